The van der Waals surface area contributed by atoms with Gasteiger partial charge in [-0.1, -0.05) is 24.3 Å². The highest BCUT2D eigenvalue weighted by molar-refractivity contribution is 5.95. The van der Waals surface area contributed by atoms with Gasteiger partial charge in [-0.25, -0.2) is 9.82 Å². The molecule has 0 bridgehead atoms. The molecule has 0 aliphatic rings. The Hall–Kier alpha value is -3.87. The fourth-order valence-electron chi connectivity index (χ4n) is 2.88. The van der Waals surface area contributed by atoms with Gasteiger partial charge in [-0.05, 0) is 61.9 Å². The molecule has 0 unspecified atom stereocenters. The quantitative estimate of drug-likeness (QED) is 0.360. The zero-order valence-corrected chi connectivity index (χ0v) is 18.0. The number of rotatable bonds is 10. The Kier molecular flexibility index (Phi) is 8.20. The minimum absolute atomic E-state index is 0.282. The maximum atomic E-state index is 13.1. The van der Waals surface area contributed by atoms with E-state index in [-0.39, 0.29) is 18.3 Å². The number of amides is 1. The molecular weight excluding hydrogens is 411 g/mol. The number of hydrogen-bond acceptors (Lipinski definition) is 5. The molecule has 0 radical (unpaired) electrons. The molecule has 0 aromatic heterocycles. The van der Waals surface area contributed by atoms with Crippen LogP contribution in [0.4, 0.5) is 4.39 Å². The summed E-state index contributed by atoms with van der Waals surface area (Å²) in [6.45, 7) is 4.98. The Morgan fingerprint density at radius 3 is 2.38 bits per heavy atom. The monoisotopic (exact) mass is 436 g/mol. The van der Waals surface area contributed by atoms with Crippen molar-refractivity contribution in [2.75, 3.05) is 13.2 Å². The number of ether oxygens (including phenoxy) is 3. The van der Waals surface area contributed by atoms with Gasteiger partial charge < -0.3 is 14.2 Å². The van der Waals surface area contributed by atoms with Crippen LogP contribution < -0.4 is 19.6 Å². The lowest BCUT2D eigenvalue weighted by Crippen LogP contribution is -2.18. The van der Waals surface area contributed by atoms with Crippen LogP contribution >= 0.6 is 0 Å². The average Bonchev–Trinajstić information content (AvgIpc) is 2.81. The summed E-state index contributed by atoms with van der Waals surface area (Å²) in [7, 11) is 0. The summed E-state index contributed by atoms with van der Waals surface area (Å²) in [4.78, 5) is 12.5. The van der Waals surface area contributed by atoms with Gasteiger partial charge in [0.25, 0.3) is 5.91 Å². The molecule has 32 heavy (non-hydrogen) atoms. The Bertz CT molecular complexity index is 1070. The van der Waals surface area contributed by atoms with E-state index in [1.807, 2.05) is 32.0 Å². The van der Waals surface area contributed by atoms with Gasteiger partial charge in [-0.2, -0.15) is 5.10 Å². The first kappa shape index (κ1) is 22.8. The van der Waals surface area contributed by atoms with Crippen molar-refractivity contribution in [3.8, 4) is 17.2 Å². The zero-order valence-electron chi connectivity index (χ0n) is 18.0. The fourth-order valence-corrected chi connectivity index (χ4v) is 2.88. The second-order valence-electron chi connectivity index (χ2n) is 6.68. The predicted octanol–water partition coefficient (Wildman–Crippen LogP) is 4.97. The fraction of sp³-hybridized carbons (Fsp3) is 0.200. The van der Waals surface area contributed by atoms with E-state index in [0.717, 1.165) is 5.56 Å². The number of hydrogen-bond donors (Lipinski definition) is 1. The third-order valence-electron chi connectivity index (χ3n) is 4.40. The minimum atomic E-state index is -0.380. The highest BCUT2D eigenvalue weighted by Crippen LogP contribution is 2.28. The van der Waals surface area contributed by atoms with Crippen molar-refractivity contribution < 1.29 is 23.4 Å². The van der Waals surface area contributed by atoms with Crippen LogP contribution in [0.25, 0.3) is 0 Å². The van der Waals surface area contributed by atoms with E-state index in [4.69, 9.17) is 14.2 Å². The van der Waals surface area contributed by atoms with Gasteiger partial charge in [0.05, 0.1) is 19.4 Å². The molecule has 3 rings (SSSR count). The molecule has 7 heteroatoms. The molecule has 0 fully saturated rings. The molecule has 0 heterocycles. The predicted molar refractivity (Wildman–Crippen MR) is 121 cm³/mol. The lowest BCUT2D eigenvalue weighted by Gasteiger charge is -2.12. The van der Waals surface area contributed by atoms with E-state index in [2.05, 4.69) is 10.5 Å². The summed E-state index contributed by atoms with van der Waals surface area (Å²) >= 11 is 0. The summed E-state index contributed by atoms with van der Waals surface area (Å²) in [6, 6.07) is 18.4. The van der Waals surface area contributed by atoms with Crippen LogP contribution in [-0.2, 0) is 6.61 Å². The van der Waals surface area contributed by atoms with E-state index in [9.17, 15) is 9.18 Å². The number of carbonyl (C=O) groups excluding carboxylic acids is 1. The maximum absolute atomic E-state index is 13.1. The summed E-state index contributed by atoms with van der Waals surface area (Å²) < 4.78 is 30.0. The van der Waals surface area contributed by atoms with Gasteiger partial charge >= 0.3 is 0 Å². The Balaban J connectivity index is 1.65. The van der Waals surface area contributed by atoms with Gasteiger partial charge in [0.15, 0.2) is 11.5 Å². The number of carbonyl (C=O) groups is 1. The molecular formula is C25H25FN2O4. The van der Waals surface area contributed by atoms with Gasteiger partial charge in [-0.15, -0.1) is 0 Å². The van der Waals surface area contributed by atoms with Gasteiger partial charge in [0.2, 0.25) is 0 Å². The van der Waals surface area contributed by atoms with Crippen molar-refractivity contribution in [3.63, 3.8) is 0 Å². The van der Waals surface area contributed by atoms with Crippen LogP contribution in [0.3, 0.4) is 0 Å². The van der Waals surface area contributed by atoms with E-state index in [1.165, 1.54) is 18.3 Å². The first-order valence-electron chi connectivity index (χ1n) is 10.3. The van der Waals surface area contributed by atoms with Crippen LogP contribution in [0.5, 0.6) is 17.2 Å². The van der Waals surface area contributed by atoms with E-state index >= 15 is 0 Å². The van der Waals surface area contributed by atoms with Crippen LogP contribution in [0.15, 0.2) is 71.8 Å². The third kappa shape index (κ3) is 6.31. The number of benzene rings is 3. The average molecular weight is 436 g/mol. The van der Waals surface area contributed by atoms with E-state index in [1.54, 1.807) is 36.4 Å². The summed E-state index contributed by atoms with van der Waals surface area (Å²) in [5.41, 5.74) is 4.44. The number of hydrazone groups is 1. The Labute approximate surface area is 186 Å². The molecule has 6 nitrogen and oxygen atoms in total. The largest absolute Gasteiger partial charge is 0.490 e. The molecule has 3 aromatic carbocycles. The van der Waals surface area contributed by atoms with E-state index in [0.29, 0.717) is 41.6 Å². The van der Waals surface area contributed by atoms with Gasteiger partial charge in [0.1, 0.15) is 18.2 Å². The first-order chi connectivity index (χ1) is 15.6. The normalized spacial score (nSPS) is 10.7. The molecule has 3 aromatic rings. The standard InChI is InChI=1S/C25H25FN2O4/c1-3-30-23-14-11-19(15-24(23)31-4-2)25(29)28-27-16-20-7-5-6-8-22(20)32-17-18-9-12-21(26)13-10-18/h5-16H,3-4,17H2,1-2H3,(H,28,29)/b27-16+. The van der Waals surface area contributed by atoms with Crippen LogP contribution in [-0.4, -0.2) is 25.3 Å². The summed E-state index contributed by atoms with van der Waals surface area (Å²) in [6.07, 6.45) is 1.51. The Morgan fingerprint density at radius 1 is 0.906 bits per heavy atom. The van der Waals surface area contributed by atoms with Crippen molar-refractivity contribution >= 4 is 12.1 Å². The highest BCUT2D eigenvalue weighted by Gasteiger charge is 2.11. The number of nitrogens with one attached hydrogen (secondary N) is 1. The molecule has 0 atom stereocenters. The molecule has 1 amide bonds. The van der Waals surface area contributed by atoms with Crippen LogP contribution in [0, 0.1) is 5.82 Å². The smallest absolute Gasteiger partial charge is 0.271 e. The van der Waals surface area contributed by atoms with E-state index < -0.39 is 0 Å². The van der Waals surface area contributed by atoms with Crippen molar-refractivity contribution in [1.82, 2.24) is 5.43 Å². The SMILES string of the molecule is CCOc1ccc(C(=O)N/N=C/c2ccccc2OCc2ccc(F)cc2)cc1OCC. The van der Waals surface area contributed by atoms with Crippen molar-refractivity contribution in [3.05, 3.63) is 89.2 Å². The second-order valence-corrected chi connectivity index (χ2v) is 6.68. The van der Waals surface area contributed by atoms with Crippen molar-refractivity contribution in [2.24, 2.45) is 5.10 Å². The number of nitrogens with zero attached hydrogens (tertiary/aromatic N) is 1. The highest BCUT2D eigenvalue weighted by atomic mass is 19.1. The molecule has 166 valence electrons. The maximum Gasteiger partial charge on any atom is 0.271 e. The molecule has 0 aliphatic carbocycles. The lowest BCUT2D eigenvalue weighted by molar-refractivity contribution is 0.0954. The topological polar surface area (TPSA) is 69.2 Å². The first-order valence-corrected chi connectivity index (χ1v) is 10.3. The van der Waals surface area contributed by atoms with Crippen molar-refractivity contribution in [2.45, 2.75) is 20.5 Å². The van der Waals surface area contributed by atoms with Crippen LogP contribution in [0.2, 0.25) is 0 Å². The molecule has 0 saturated heterocycles. The minimum Gasteiger partial charge on any atom is -0.490 e. The second kappa shape index (κ2) is 11.5. The molecule has 0 saturated carbocycles. The van der Waals surface area contributed by atoms with Gasteiger partial charge in [0, 0.05) is 11.1 Å². The molecule has 0 aliphatic heterocycles. The van der Waals surface area contributed by atoms with Crippen molar-refractivity contribution in [1.29, 1.82) is 0 Å². The van der Waals surface area contributed by atoms with Gasteiger partial charge in [-0.3, -0.25) is 4.79 Å². The summed E-state index contributed by atoms with van der Waals surface area (Å²) in [5, 5.41) is 4.05. The summed E-state index contributed by atoms with van der Waals surface area (Å²) in [5.74, 6) is 1.01. The molecule has 0 spiro atoms. The van der Waals surface area contributed by atoms with Crippen LogP contribution in [0.1, 0.15) is 35.3 Å². The zero-order chi connectivity index (χ0) is 22.8. The third-order valence-corrected chi connectivity index (χ3v) is 4.40. The number of halogens is 1. The lowest BCUT2D eigenvalue weighted by atomic mass is 10.2. The Morgan fingerprint density at radius 2 is 1.62 bits per heavy atom. The molecule has 1 N–H and O–H groups in total. The number of para-hydroxylation sites is 1.